The molecule has 0 spiro atoms. The summed E-state index contributed by atoms with van der Waals surface area (Å²) in [7, 11) is 0. The molecule has 0 amide bonds. The van der Waals surface area contributed by atoms with Gasteiger partial charge >= 0.3 is 0 Å². The number of benzene rings is 1. The highest BCUT2D eigenvalue weighted by atomic mass is 35.5. The molecule has 0 aliphatic heterocycles. The Balaban J connectivity index is 2.08. The van der Waals surface area contributed by atoms with Crippen molar-refractivity contribution in [3.63, 3.8) is 0 Å². The molecule has 2 aromatic heterocycles. The van der Waals surface area contributed by atoms with E-state index in [4.69, 9.17) is 11.6 Å². The quantitative estimate of drug-likeness (QED) is 0.685. The molecule has 1 aromatic carbocycles. The average Bonchev–Trinajstić information content (AvgIpc) is 2.97. The van der Waals surface area contributed by atoms with Gasteiger partial charge in [-0.3, -0.25) is 0 Å². The van der Waals surface area contributed by atoms with E-state index < -0.39 is 0 Å². The summed E-state index contributed by atoms with van der Waals surface area (Å²) in [4.78, 5) is 8.86. The lowest BCUT2D eigenvalue weighted by Gasteiger charge is -2.08. The molecule has 0 bridgehead atoms. The summed E-state index contributed by atoms with van der Waals surface area (Å²) in [5.74, 6) is 0.765. The van der Waals surface area contributed by atoms with Gasteiger partial charge in [0.15, 0.2) is 0 Å². The Bertz CT molecular complexity index is 737. The molecular weight excluding hydrogens is 284 g/mol. The fraction of sp³-hybridized carbons (Fsp3) is 0.188. The molecule has 0 fully saturated rings. The molecule has 0 N–H and O–H groups in total. The molecule has 0 saturated heterocycles. The second-order valence-electron chi connectivity index (χ2n) is 4.71. The summed E-state index contributed by atoms with van der Waals surface area (Å²) in [6.45, 7) is 2.10. The first-order chi connectivity index (χ1) is 10.3. The minimum absolute atomic E-state index is 0.462. The maximum absolute atomic E-state index is 6.12. The Morgan fingerprint density at radius 1 is 1.10 bits per heavy atom. The van der Waals surface area contributed by atoms with E-state index in [9.17, 15) is 0 Å². The van der Waals surface area contributed by atoms with Crippen molar-refractivity contribution in [1.82, 2.24) is 19.7 Å². The summed E-state index contributed by atoms with van der Waals surface area (Å²) in [6.07, 6.45) is 3.56. The van der Waals surface area contributed by atoms with E-state index in [1.807, 2.05) is 41.1 Å². The van der Waals surface area contributed by atoms with E-state index >= 15 is 0 Å². The number of para-hydroxylation sites is 1. The number of aryl methyl sites for hydroxylation is 1. The van der Waals surface area contributed by atoms with Crippen LogP contribution in [0.25, 0.3) is 17.1 Å². The predicted octanol–water partition coefficient (Wildman–Crippen LogP) is 3.94. The van der Waals surface area contributed by atoms with Crippen LogP contribution in [-0.2, 0) is 6.42 Å². The molecule has 3 aromatic rings. The van der Waals surface area contributed by atoms with Gasteiger partial charge in [0.25, 0.3) is 0 Å². The van der Waals surface area contributed by atoms with Crippen molar-refractivity contribution in [2.45, 2.75) is 19.8 Å². The Hall–Kier alpha value is -2.20. The Kier molecular flexibility index (Phi) is 3.97. The molecule has 2 heterocycles. The maximum atomic E-state index is 6.12. The van der Waals surface area contributed by atoms with Gasteiger partial charge in [-0.15, -0.1) is 0 Å². The third-order valence-corrected chi connectivity index (χ3v) is 3.31. The van der Waals surface area contributed by atoms with Gasteiger partial charge in [0.05, 0.1) is 23.3 Å². The standard InChI is InChI=1S/C16H15ClN4/c1-2-6-16-19-13(11-15(17)20-16)14-9-10-18-21(14)12-7-4-3-5-8-12/h3-5,7-11H,2,6H2,1H3. The van der Waals surface area contributed by atoms with Crippen LogP contribution in [0, 0.1) is 0 Å². The van der Waals surface area contributed by atoms with Crippen LogP contribution in [-0.4, -0.2) is 19.7 Å². The third kappa shape index (κ3) is 2.95. The summed E-state index contributed by atoms with van der Waals surface area (Å²) in [6, 6.07) is 13.7. The van der Waals surface area contributed by atoms with Gasteiger partial charge in [0.2, 0.25) is 0 Å². The maximum Gasteiger partial charge on any atom is 0.133 e. The minimum atomic E-state index is 0.462. The fourth-order valence-corrected chi connectivity index (χ4v) is 2.40. The van der Waals surface area contributed by atoms with Crippen LogP contribution >= 0.6 is 11.6 Å². The van der Waals surface area contributed by atoms with Gasteiger partial charge in [-0.1, -0.05) is 36.7 Å². The van der Waals surface area contributed by atoms with Crippen LogP contribution in [0.4, 0.5) is 0 Å². The van der Waals surface area contributed by atoms with Crippen LogP contribution in [0.5, 0.6) is 0 Å². The Labute approximate surface area is 128 Å². The normalized spacial score (nSPS) is 10.8. The molecule has 0 aliphatic rings. The van der Waals surface area contributed by atoms with Gasteiger partial charge < -0.3 is 0 Å². The van der Waals surface area contributed by atoms with Crippen LogP contribution in [0.3, 0.4) is 0 Å². The van der Waals surface area contributed by atoms with Gasteiger partial charge in [0, 0.05) is 12.5 Å². The third-order valence-electron chi connectivity index (χ3n) is 3.12. The highest BCUT2D eigenvalue weighted by Gasteiger charge is 2.11. The van der Waals surface area contributed by atoms with Gasteiger partial charge in [-0.05, 0) is 24.6 Å². The summed E-state index contributed by atoms with van der Waals surface area (Å²) in [5, 5.41) is 4.84. The smallest absolute Gasteiger partial charge is 0.133 e. The van der Waals surface area contributed by atoms with Crippen molar-refractivity contribution < 1.29 is 0 Å². The molecule has 0 aliphatic carbocycles. The molecule has 5 heteroatoms. The molecule has 0 atom stereocenters. The number of hydrogen-bond donors (Lipinski definition) is 0. The number of aromatic nitrogens is 4. The Morgan fingerprint density at radius 2 is 1.90 bits per heavy atom. The summed E-state index contributed by atoms with van der Waals surface area (Å²) >= 11 is 6.12. The average molecular weight is 299 g/mol. The van der Waals surface area contributed by atoms with Crippen molar-refractivity contribution in [2.75, 3.05) is 0 Å². The molecule has 4 nitrogen and oxygen atoms in total. The largest absolute Gasteiger partial charge is 0.232 e. The molecular formula is C16H15ClN4. The van der Waals surface area contributed by atoms with Crippen LogP contribution < -0.4 is 0 Å². The fourth-order valence-electron chi connectivity index (χ4n) is 2.20. The van der Waals surface area contributed by atoms with Crippen LogP contribution in [0.1, 0.15) is 19.2 Å². The van der Waals surface area contributed by atoms with Crippen molar-refractivity contribution in [3.8, 4) is 17.1 Å². The predicted molar refractivity (Wildman–Crippen MR) is 83.6 cm³/mol. The van der Waals surface area contributed by atoms with E-state index in [1.165, 1.54) is 0 Å². The highest BCUT2D eigenvalue weighted by molar-refractivity contribution is 6.29. The van der Waals surface area contributed by atoms with E-state index in [1.54, 1.807) is 12.3 Å². The first-order valence-electron chi connectivity index (χ1n) is 6.91. The van der Waals surface area contributed by atoms with E-state index in [0.717, 1.165) is 35.7 Å². The molecule has 21 heavy (non-hydrogen) atoms. The zero-order chi connectivity index (χ0) is 14.7. The summed E-state index contributed by atoms with van der Waals surface area (Å²) < 4.78 is 1.86. The van der Waals surface area contributed by atoms with E-state index in [-0.39, 0.29) is 0 Å². The van der Waals surface area contributed by atoms with Crippen molar-refractivity contribution >= 4 is 11.6 Å². The SMILES string of the molecule is CCCc1nc(Cl)cc(-c2ccnn2-c2ccccc2)n1. The van der Waals surface area contributed by atoms with E-state index in [0.29, 0.717) is 5.15 Å². The first-order valence-corrected chi connectivity index (χ1v) is 7.29. The topological polar surface area (TPSA) is 43.6 Å². The molecule has 0 unspecified atom stereocenters. The Morgan fingerprint density at radius 3 is 2.67 bits per heavy atom. The van der Waals surface area contributed by atoms with Crippen molar-refractivity contribution in [1.29, 1.82) is 0 Å². The highest BCUT2D eigenvalue weighted by Crippen LogP contribution is 2.23. The van der Waals surface area contributed by atoms with Gasteiger partial charge in [-0.25, -0.2) is 14.6 Å². The summed E-state index contributed by atoms with van der Waals surface area (Å²) in [5.41, 5.74) is 2.69. The van der Waals surface area contributed by atoms with Crippen LogP contribution in [0.15, 0.2) is 48.7 Å². The number of nitrogens with zero attached hydrogens (tertiary/aromatic N) is 4. The number of halogens is 1. The second kappa shape index (κ2) is 6.06. The minimum Gasteiger partial charge on any atom is -0.232 e. The molecule has 0 saturated carbocycles. The lowest BCUT2D eigenvalue weighted by Crippen LogP contribution is -2.02. The zero-order valence-corrected chi connectivity index (χ0v) is 12.5. The van der Waals surface area contributed by atoms with E-state index in [2.05, 4.69) is 22.0 Å². The van der Waals surface area contributed by atoms with Crippen molar-refractivity contribution in [2.24, 2.45) is 0 Å². The molecule has 0 radical (unpaired) electrons. The van der Waals surface area contributed by atoms with Gasteiger partial charge in [-0.2, -0.15) is 5.10 Å². The molecule has 3 rings (SSSR count). The van der Waals surface area contributed by atoms with Crippen LogP contribution in [0.2, 0.25) is 5.15 Å². The first kappa shape index (κ1) is 13.8. The monoisotopic (exact) mass is 298 g/mol. The number of rotatable bonds is 4. The zero-order valence-electron chi connectivity index (χ0n) is 11.7. The van der Waals surface area contributed by atoms with Gasteiger partial charge in [0.1, 0.15) is 11.0 Å². The molecule has 106 valence electrons. The second-order valence-corrected chi connectivity index (χ2v) is 5.09. The lowest BCUT2D eigenvalue weighted by atomic mass is 10.2. The number of hydrogen-bond acceptors (Lipinski definition) is 3. The lowest BCUT2D eigenvalue weighted by molar-refractivity contribution is 0.829. The van der Waals surface area contributed by atoms with Crippen molar-refractivity contribution in [3.05, 3.63) is 59.6 Å².